The standard InChI is InChI=1S/C17H19N3/c1-11-6-7-14(8-12(11)2)16-13(3)9-15(10-18)17(19-16)20(4)5/h6-9H,1-5H3. The second-order valence-corrected chi connectivity index (χ2v) is 5.33. The number of nitrogens with zero attached hydrogens (tertiary/aromatic N) is 3. The van der Waals surface area contributed by atoms with Crippen LogP contribution in [0.15, 0.2) is 24.3 Å². The van der Waals surface area contributed by atoms with E-state index in [1.807, 2.05) is 32.0 Å². The van der Waals surface area contributed by atoms with Crippen LogP contribution < -0.4 is 4.90 Å². The molecule has 0 N–H and O–H groups in total. The predicted octanol–water partition coefficient (Wildman–Crippen LogP) is 3.61. The summed E-state index contributed by atoms with van der Waals surface area (Å²) in [5.74, 6) is 0.714. The van der Waals surface area contributed by atoms with Crippen LogP contribution in [0.25, 0.3) is 11.3 Å². The second kappa shape index (κ2) is 5.34. The van der Waals surface area contributed by atoms with E-state index in [1.165, 1.54) is 11.1 Å². The molecule has 0 fully saturated rings. The van der Waals surface area contributed by atoms with Gasteiger partial charge in [-0.15, -0.1) is 0 Å². The van der Waals surface area contributed by atoms with Gasteiger partial charge in [0.15, 0.2) is 0 Å². The Bertz CT molecular complexity index is 694. The normalized spacial score (nSPS) is 10.2. The van der Waals surface area contributed by atoms with Crippen molar-refractivity contribution in [3.63, 3.8) is 0 Å². The van der Waals surface area contributed by atoms with E-state index in [0.717, 1.165) is 16.8 Å². The Kier molecular flexibility index (Phi) is 3.76. The lowest BCUT2D eigenvalue weighted by Gasteiger charge is -2.16. The molecule has 0 aliphatic heterocycles. The first-order chi connectivity index (χ1) is 9.43. The van der Waals surface area contributed by atoms with Crippen LogP contribution in [-0.4, -0.2) is 19.1 Å². The summed E-state index contributed by atoms with van der Waals surface area (Å²) in [4.78, 5) is 6.56. The molecule has 0 amide bonds. The van der Waals surface area contributed by atoms with Crippen LogP contribution in [0.1, 0.15) is 22.3 Å². The zero-order valence-electron chi connectivity index (χ0n) is 12.7. The van der Waals surface area contributed by atoms with Crippen molar-refractivity contribution in [1.82, 2.24) is 4.98 Å². The van der Waals surface area contributed by atoms with E-state index in [2.05, 4.69) is 43.1 Å². The van der Waals surface area contributed by atoms with Gasteiger partial charge < -0.3 is 4.90 Å². The highest BCUT2D eigenvalue weighted by molar-refractivity contribution is 5.69. The molecule has 1 aromatic heterocycles. The van der Waals surface area contributed by atoms with Gasteiger partial charge in [0, 0.05) is 19.7 Å². The van der Waals surface area contributed by atoms with E-state index in [-0.39, 0.29) is 0 Å². The molecule has 2 aromatic rings. The number of aryl methyl sites for hydroxylation is 3. The van der Waals surface area contributed by atoms with E-state index in [0.29, 0.717) is 11.4 Å². The molecule has 3 heteroatoms. The summed E-state index contributed by atoms with van der Waals surface area (Å²) in [7, 11) is 3.81. The molecule has 1 aromatic carbocycles. The quantitative estimate of drug-likeness (QED) is 0.832. The van der Waals surface area contributed by atoms with Gasteiger partial charge in [-0.1, -0.05) is 12.1 Å². The zero-order chi connectivity index (χ0) is 14.9. The van der Waals surface area contributed by atoms with E-state index >= 15 is 0 Å². The fourth-order valence-electron chi connectivity index (χ4n) is 2.21. The Morgan fingerprint density at radius 1 is 1.00 bits per heavy atom. The molecule has 0 aliphatic rings. The topological polar surface area (TPSA) is 39.9 Å². The minimum Gasteiger partial charge on any atom is -0.362 e. The van der Waals surface area contributed by atoms with Crippen LogP contribution in [0.3, 0.4) is 0 Å². The molecular formula is C17H19N3. The van der Waals surface area contributed by atoms with E-state index in [9.17, 15) is 5.26 Å². The molecule has 0 saturated carbocycles. The average Bonchev–Trinajstić information content (AvgIpc) is 2.41. The van der Waals surface area contributed by atoms with Crippen LogP contribution >= 0.6 is 0 Å². The summed E-state index contributed by atoms with van der Waals surface area (Å²) in [5, 5.41) is 9.22. The molecular weight excluding hydrogens is 246 g/mol. The molecule has 0 radical (unpaired) electrons. The lowest BCUT2D eigenvalue weighted by molar-refractivity contribution is 1.06. The van der Waals surface area contributed by atoms with Crippen molar-refractivity contribution in [2.45, 2.75) is 20.8 Å². The SMILES string of the molecule is Cc1ccc(-c2nc(N(C)C)c(C#N)cc2C)cc1C. The van der Waals surface area contributed by atoms with Gasteiger partial charge in [0.1, 0.15) is 11.9 Å². The summed E-state index contributed by atoms with van der Waals surface area (Å²) >= 11 is 0. The molecule has 0 saturated heterocycles. The first-order valence-electron chi connectivity index (χ1n) is 6.60. The van der Waals surface area contributed by atoms with Gasteiger partial charge in [-0.05, 0) is 49.6 Å². The number of hydrogen-bond acceptors (Lipinski definition) is 3. The average molecular weight is 265 g/mol. The molecule has 3 nitrogen and oxygen atoms in total. The highest BCUT2D eigenvalue weighted by Crippen LogP contribution is 2.28. The second-order valence-electron chi connectivity index (χ2n) is 5.33. The largest absolute Gasteiger partial charge is 0.362 e. The fraction of sp³-hybridized carbons (Fsp3) is 0.294. The molecule has 20 heavy (non-hydrogen) atoms. The Balaban J connectivity index is 2.65. The van der Waals surface area contributed by atoms with Gasteiger partial charge >= 0.3 is 0 Å². The molecule has 0 bridgehead atoms. The highest BCUT2D eigenvalue weighted by Gasteiger charge is 2.12. The number of hydrogen-bond donors (Lipinski definition) is 0. The Morgan fingerprint density at radius 2 is 1.70 bits per heavy atom. The molecule has 0 unspecified atom stereocenters. The molecule has 102 valence electrons. The van der Waals surface area contributed by atoms with Gasteiger partial charge in [-0.2, -0.15) is 5.26 Å². The molecule has 1 heterocycles. The summed E-state index contributed by atoms with van der Waals surface area (Å²) in [6.45, 7) is 6.20. The Morgan fingerprint density at radius 3 is 2.25 bits per heavy atom. The predicted molar refractivity (Wildman–Crippen MR) is 82.9 cm³/mol. The number of anilines is 1. The monoisotopic (exact) mass is 265 g/mol. The van der Waals surface area contributed by atoms with Gasteiger partial charge in [0.25, 0.3) is 0 Å². The molecule has 0 aliphatic carbocycles. The summed E-state index contributed by atoms with van der Waals surface area (Å²) in [6, 6.07) is 10.5. The third kappa shape index (κ3) is 2.50. The van der Waals surface area contributed by atoms with E-state index < -0.39 is 0 Å². The summed E-state index contributed by atoms with van der Waals surface area (Å²) in [6.07, 6.45) is 0. The minimum absolute atomic E-state index is 0.611. The smallest absolute Gasteiger partial charge is 0.146 e. The Labute approximate surface area is 120 Å². The van der Waals surface area contributed by atoms with Crippen LogP contribution in [0.2, 0.25) is 0 Å². The maximum absolute atomic E-state index is 9.22. The first kappa shape index (κ1) is 14.1. The number of benzene rings is 1. The lowest BCUT2D eigenvalue weighted by Crippen LogP contribution is -2.13. The lowest BCUT2D eigenvalue weighted by atomic mass is 10.0. The van der Waals surface area contributed by atoms with Gasteiger partial charge in [-0.3, -0.25) is 0 Å². The fourth-order valence-corrected chi connectivity index (χ4v) is 2.21. The summed E-state index contributed by atoms with van der Waals surface area (Å²) in [5.41, 5.74) is 6.19. The number of pyridine rings is 1. The van der Waals surface area contributed by atoms with Crippen molar-refractivity contribution in [1.29, 1.82) is 5.26 Å². The minimum atomic E-state index is 0.611. The van der Waals surface area contributed by atoms with Crippen molar-refractivity contribution < 1.29 is 0 Å². The molecule has 0 atom stereocenters. The Hall–Kier alpha value is -2.34. The van der Waals surface area contributed by atoms with Crippen molar-refractivity contribution >= 4 is 5.82 Å². The molecule has 0 spiro atoms. The van der Waals surface area contributed by atoms with Crippen molar-refractivity contribution in [2.24, 2.45) is 0 Å². The maximum Gasteiger partial charge on any atom is 0.146 e. The van der Waals surface area contributed by atoms with Gasteiger partial charge in [0.2, 0.25) is 0 Å². The third-order valence-corrected chi connectivity index (χ3v) is 3.52. The van der Waals surface area contributed by atoms with Gasteiger partial charge in [-0.25, -0.2) is 4.98 Å². The van der Waals surface area contributed by atoms with Crippen LogP contribution in [0.5, 0.6) is 0 Å². The third-order valence-electron chi connectivity index (χ3n) is 3.52. The van der Waals surface area contributed by atoms with Crippen molar-refractivity contribution in [3.8, 4) is 17.3 Å². The highest BCUT2D eigenvalue weighted by atomic mass is 15.1. The molecule has 2 rings (SSSR count). The van der Waals surface area contributed by atoms with Crippen LogP contribution in [0, 0.1) is 32.1 Å². The number of rotatable bonds is 2. The maximum atomic E-state index is 9.22. The van der Waals surface area contributed by atoms with E-state index in [1.54, 1.807) is 0 Å². The van der Waals surface area contributed by atoms with Crippen LogP contribution in [0.4, 0.5) is 5.82 Å². The number of nitriles is 1. The van der Waals surface area contributed by atoms with Crippen LogP contribution in [-0.2, 0) is 0 Å². The summed E-state index contributed by atoms with van der Waals surface area (Å²) < 4.78 is 0. The zero-order valence-corrected chi connectivity index (χ0v) is 12.7. The number of aromatic nitrogens is 1. The van der Waals surface area contributed by atoms with Crippen molar-refractivity contribution in [3.05, 3.63) is 46.5 Å². The van der Waals surface area contributed by atoms with Gasteiger partial charge in [0.05, 0.1) is 11.3 Å². The van der Waals surface area contributed by atoms with E-state index in [4.69, 9.17) is 0 Å². The van der Waals surface area contributed by atoms with Crippen molar-refractivity contribution in [2.75, 3.05) is 19.0 Å². The first-order valence-corrected chi connectivity index (χ1v) is 6.60.